The third kappa shape index (κ3) is 4.21. The van der Waals surface area contributed by atoms with Gasteiger partial charge in [0.05, 0.1) is 25.3 Å². The van der Waals surface area contributed by atoms with Crippen LogP contribution in [0.3, 0.4) is 0 Å². The van der Waals surface area contributed by atoms with E-state index in [4.69, 9.17) is 25.5 Å². The zero-order chi connectivity index (χ0) is 26.3. The molecule has 0 radical (unpaired) electrons. The molecule has 1 aliphatic rings. The third-order valence-corrected chi connectivity index (χ3v) is 6.52. The van der Waals surface area contributed by atoms with Gasteiger partial charge in [-0.15, -0.1) is 0 Å². The maximum absolute atomic E-state index is 13.9. The molecular weight excluding hydrogens is 494 g/mol. The molecule has 3 aromatic carbocycles. The topological polar surface area (TPSA) is 89.2 Å². The van der Waals surface area contributed by atoms with Gasteiger partial charge in [-0.25, -0.2) is 0 Å². The molecule has 0 saturated heterocycles. The van der Waals surface area contributed by atoms with Gasteiger partial charge in [0.1, 0.15) is 5.75 Å². The van der Waals surface area contributed by atoms with Gasteiger partial charge < -0.3 is 19.0 Å². The van der Waals surface area contributed by atoms with Gasteiger partial charge in [-0.05, 0) is 55.3 Å². The van der Waals surface area contributed by atoms with Crippen LogP contribution in [0.4, 0.5) is 5.69 Å². The van der Waals surface area contributed by atoms with Crippen molar-refractivity contribution in [2.45, 2.75) is 19.9 Å². The van der Waals surface area contributed by atoms with Crippen LogP contribution >= 0.6 is 11.6 Å². The van der Waals surface area contributed by atoms with Crippen molar-refractivity contribution in [2.24, 2.45) is 0 Å². The highest BCUT2D eigenvalue weighted by Gasteiger charge is 2.46. The van der Waals surface area contributed by atoms with Crippen molar-refractivity contribution in [2.75, 3.05) is 18.6 Å². The summed E-state index contributed by atoms with van der Waals surface area (Å²) in [5, 5.41) is 12.1. The number of aliphatic hydroxyl groups is 1. The predicted molar refractivity (Wildman–Crippen MR) is 141 cm³/mol. The molecule has 0 fully saturated rings. The first-order valence-corrected chi connectivity index (χ1v) is 12.1. The fraction of sp³-hybridized carbons (Fsp3) is 0.172. The number of aryl methyl sites for hydroxylation is 1. The normalized spacial score (nSPS) is 15.5. The highest BCUT2D eigenvalue weighted by Crippen LogP contribution is 2.44. The van der Waals surface area contributed by atoms with Crippen molar-refractivity contribution in [3.05, 3.63) is 100.0 Å². The van der Waals surface area contributed by atoms with Crippen LogP contribution in [0.25, 0.3) is 11.0 Å². The first kappa shape index (κ1) is 24.5. The smallest absolute Gasteiger partial charge is 0.294 e. The van der Waals surface area contributed by atoms with E-state index in [0.29, 0.717) is 45.3 Å². The molecule has 0 bridgehead atoms. The zero-order valence-electron chi connectivity index (χ0n) is 20.4. The Labute approximate surface area is 218 Å². The van der Waals surface area contributed by atoms with Gasteiger partial charge in [-0.1, -0.05) is 41.9 Å². The molecule has 1 aliphatic heterocycles. The Morgan fingerprint density at radius 3 is 2.62 bits per heavy atom. The lowest BCUT2D eigenvalue weighted by Crippen LogP contribution is -2.31. The molecule has 188 valence electrons. The van der Waals surface area contributed by atoms with Crippen molar-refractivity contribution >= 4 is 39.9 Å². The Balaban J connectivity index is 1.68. The van der Waals surface area contributed by atoms with E-state index in [-0.39, 0.29) is 11.3 Å². The highest BCUT2D eigenvalue weighted by molar-refractivity contribution is 6.31. The Morgan fingerprint density at radius 2 is 1.89 bits per heavy atom. The van der Waals surface area contributed by atoms with Gasteiger partial charge >= 0.3 is 0 Å². The Kier molecular flexibility index (Phi) is 6.39. The maximum atomic E-state index is 13.9. The van der Waals surface area contributed by atoms with Crippen LogP contribution in [-0.4, -0.2) is 30.5 Å². The number of Topliss-reactive ketones (excluding diaryl/α,β-unsaturated/α-hetero) is 1. The molecule has 1 N–H and O–H groups in total. The van der Waals surface area contributed by atoms with Gasteiger partial charge in [0.15, 0.2) is 22.9 Å². The number of anilines is 1. The molecule has 7 nitrogen and oxygen atoms in total. The summed E-state index contributed by atoms with van der Waals surface area (Å²) >= 11 is 6.19. The van der Waals surface area contributed by atoms with Gasteiger partial charge in [-0.3, -0.25) is 14.5 Å². The maximum Gasteiger partial charge on any atom is 0.294 e. The number of ether oxygens (including phenoxy) is 2. The van der Waals surface area contributed by atoms with E-state index in [2.05, 4.69) is 0 Å². The molecule has 2 heterocycles. The number of nitrogens with zero attached hydrogens (tertiary/aromatic N) is 1. The molecule has 0 aliphatic carbocycles. The van der Waals surface area contributed by atoms with Crippen LogP contribution in [0, 0.1) is 6.92 Å². The largest absolute Gasteiger partial charge is 0.503 e. The van der Waals surface area contributed by atoms with E-state index in [1.807, 2.05) is 26.0 Å². The molecular formula is C29H24ClNO6. The second-order valence-corrected chi connectivity index (χ2v) is 9.03. The standard InChI is InChI=1S/C29H24ClNO6/c1-4-36-20-10-7-9-17(13-20)25-24(27(33)29(34)31(25)21-11-6-5-8-16(21)2)26(32)22-14-18-12-19(30)15-23(35-3)28(18)37-22/h5-15,25,33H,4H2,1-3H3. The number of para-hydroxylation sites is 1. The number of hydrogen-bond donors (Lipinski definition) is 1. The number of carbonyl (C=O) groups excluding carboxylic acids is 2. The van der Waals surface area contributed by atoms with Crippen molar-refractivity contribution < 1.29 is 28.6 Å². The van der Waals surface area contributed by atoms with E-state index in [0.717, 1.165) is 5.56 Å². The number of amides is 1. The molecule has 4 aromatic rings. The van der Waals surface area contributed by atoms with Crippen molar-refractivity contribution in [1.29, 1.82) is 0 Å². The molecule has 1 atom stereocenters. The number of ketones is 1. The van der Waals surface area contributed by atoms with Crippen LogP contribution in [0.1, 0.15) is 34.6 Å². The molecule has 1 unspecified atom stereocenters. The summed E-state index contributed by atoms with van der Waals surface area (Å²) in [4.78, 5) is 28.8. The van der Waals surface area contributed by atoms with Crippen molar-refractivity contribution in [1.82, 2.24) is 0 Å². The quantitative estimate of drug-likeness (QED) is 0.278. The van der Waals surface area contributed by atoms with Crippen LogP contribution < -0.4 is 14.4 Å². The van der Waals surface area contributed by atoms with E-state index >= 15 is 0 Å². The second-order valence-electron chi connectivity index (χ2n) is 8.60. The summed E-state index contributed by atoms with van der Waals surface area (Å²) < 4.78 is 16.9. The number of carbonyl (C=O) groups is 2. The number of fused-ring (bicyclic) bond motifs is 1. The number of aliphatic hydroxyl groups excluding tert-OH is 1. The number of methoxy groups -OCH3 is 1. The molecule has 1 aromatic heterocycles. The number of furan rings is 1. The number of halogens is 1. The van der Waals surface area contributed by atoms with Crippen LogP contribution in [-0.2, 0) is 4.79 Å². The summed E-state index contributed by atoms with van der Waals surface area (Å²) in [6.07, 6.45) is 0. The summed E-state index contributed by atoms with van der Waals surface area (Å²) in [6.45, 7) is 4.18. The third-order valence-electron chi connectivity index (χ3n) is 6.30. The summed E-state index contributed by atoms with van der Waals surface area (Å²) in [6, 6.07) is 18.3. The summed E-state index contributed by atoms with van der Waals surface area (Å²) in [7, 11) is 1.47. The SMILES string of the molecule is CCOc1cccc(C2C(C(=O)c3cc4cc(Cl)cc(OC)c4o3)=C(O)C(=O)N2c2ccccc2C)c1. The van der Waals surface area contributed by atoms with Gasteiger partial charge in [-0.2, -0.15) is 0 Å². The fourth-order valence-corrected chi connectivity index (χ4v) is 4.87. The molecule has 0 spiro atoms. The average molecular weight is 518 g/mol. The fourth-order valence-electron chi connectivity index (χ4n) is 4.66. The average Bonchev–Trinajstić information content (AvgIpc) is 3.43. The summed E-state index contributed by atoms with van der Waals surface area (Å²) in [5.41, 5.74) is 2.24. The molecule has 8 heteroatoms. The minimum Gasteiger partial charge on any atom is -0.503 e. The highest BCUT2D eigenvalue weighted by atomic mass is 35.5. The van der Waals surface area contributed by atoms with E-state index in [1.165, 1.54) is 18.1 Å². The number of rotatable bonds is 7. The molecule has 5 rings (SSSR count). The second kappa shape index (κ2) is 9.67. The van der Waals surface area contributed by atoms with Crippen LogP contribution in [0.5, 0.6) is 11.5 Å². The van der Waals surface area contributed by atoms with E-state index in [9.17, 15) is 14.7 Å². The number of hydrogen-bond acceptors (Lipinski definition) is 6. The monoisotopic (exact) mass is 517 g/mol. The predicted octanol–water partition coefficient (Wildman–Crippen LogP) is 6.58. The van der Waals surface area contributed by atoms with E-state index in [1.54, 1.807) is 48.5 Å². The van der Waals surface area contributed by atoms with E-state index < -0.39 is 23.5 Å². The lowest BCUT2D eigenvalue weighted by Gasteiger charge is -2.28. The molecule has 1 amide bonds. The van der Waals surface area contributed by atoms with Gasteiger partial charge in [0.25, 0.3) is 5.91 Å². The van der Waals surface area contributed by atoms with Gasteiger partial charge in [0.2, 0.25) is 5.78 Å². The van der Waals surface area contributed by atoms with Crippen LogP contribution in [0.15, 0.2) is 82.5 Å². The Morgan fingerprint density at radius 1 is 1.11 bits per heavy atom. The molecule has 0 saturated carbocycles. The molecule has 37 heavy (non-hydrogen) atoms. The first-order valence-electron chi connectivity index (χ1n) is 11.7. The lowest BCUT2D eigenvalue weighted by molar-refractivity contribution is -0.117. The lowest BCUT2D eigenvalue weighted by atomic mass is 9.94. The minimum absolute atomic E-state index is 0.0532. The Bertz CT molecular complexity index is 1570. The zero-order valence-corrected chi connectivity index (χ0v) is 21.2. The van der Waals surface area contributed by atoms with Crippen molar-refractivity contribution in [3.8, 4) is 11.5 Å². The first-order chi connectivity index (χ1) is 17.8. The minimum atomic E-state index is -0.916. The summed E-state index contributed by atoms with van der Waals surface area (Å²) in [5.74, 6) is -1.04. The van der Waals surface area contributed by atoms with Crippen LogP contribution in [0.2, 0.25) is 5.02 Å². The number of benzene rings is 3. The Hall–Kier alpha value is -4.23. The van der Waals surface area contributed by atoms with Crippen molar-refractivity contribution in [3.63, 3.8) is 0 Å². The van der Waals surface area contributed by atoms with Gasteiger partial charge in [0, 0.05) is 22.2 Å².